The van der Waals surface area contributed by atoms with E-state index >= 15 is 0 Å². The van der Waals surface area contributed by atoms with E-state index in [2.05, 4.69) is 15.5 Å². The lowest BCUT2D eigenvalue weighted by atomic mass is 10.2. The zero-order chi connectivity index (χ0) is 9.14. The minimum absolute atomic E-state index is 0.111. The SMILES string of the molecule is CCC(NC)c1nnc(N)n1N. The lowest BCUT2D eigenvalue weighted by Gasteiger charge is -2.11. The fourth-order valence-corrected chi connectivity index (χ4v) is 1.07. The van der Waals surface area contributed by atoms with E-state index in [0.717, 1.165) is 6.42 Å². The van der Waals surface area contributed by atoms with Crippen LogP contribution in [-0.4, -0.2) is 21.9 Å². The molecule has 0 aliphatic rings. The van der Waals surface area contributed by atoms with Gasteiger partial charge in [-0.2, -0.15) is 0 Å². The van der Waals surface area contributed by atoms with Crippen molar-refractivity contribution in [3.05, 3.63) is 5.82 Å². The highest BCUT2D eigenvalue weighted by atomic mass is 15.5. The molecular formula is C6H14N6. The molecule has 6 heteroatoms. The average molecular weight is 170 g/mol. The molecule has 0 aromatic carbocycles. The molecule has 1 rings (SSSR count). The van der Waals surface area contributed by atoms with Crippen LogP contribution in [0.4, 0.5) is 5.95 Å². The van der Waals surface area contributed by atoms with Gasteiger partial charge in [0.25, 0.3) is 0 Å². The van der Waals surface area contributed by atoms with Crippen LogP contribution in [0.1, 0.15) is 25.2 Å². The van der Waals surface area contributed by atoms with E-state index in [1.165, 1.54) is 4.68 Å². The molecule has 0 radical (unpaired) electrons. The summed E-state index contributed by atoms with van der Waals surface area (Å²) in [4.78, 5) is 0. The van der Waals surface area contributed by atoms with Gasteiger partial charge in [-0.15, -0.1) is 10.2 Å². The smallest absolute Gasteiger partial charge is 0.240 e. The molecule has 1 atom stereocenters. The third kappa shape index (κ3) is 1.33. The van der Waals surface area contributed by atoms with Gasteiger partial charge in [0.05, 0.1) is 6.04 Å². The lowest BCUT2D eigenvalue weighted by molar-refractivity contribution is 0.531. The van der Waals surface area contributed by atoms with E-state index in [1.807, 2.05) is 14.0 Å². The second kappa shape index (κ2) is 3.40. The van der Waals surface area contributed by atoms with E-state index in [4.69, 9.17) is 11.6 Å². The molecule has 0 aliphatic carbocycles. The lowest BCUT2D eigenvalue weighted by Crippen LogP contribution is -2.24. The number of aromatic nitrogens is 3. The summed E-state index contributed by atoms with van der Waals surface area (Å²) in [6.45, 7) is 2.03. The van der Waals surface area contributed by atoms with Crippen molar-refractivity contribution in [1.29, 1.82) is 0 Å². The van der Waals surface area contributed by atoms with Crippen molar-refractivity contribution in [1.82, 2.24) is 20.2 Å². The standard InChI is InChI=1S/C6H14N6/c1-3-4(9-2)5-10-11-6(7)12(5)8/h4,9H,3,8H2,1-2H3,(H2,7,11). The normalized spacial score (nSPS) is 13.2. The monoisotopic (exact) mass is 170 g/mol. The van der Waals surface area contributed by atoms with Crippen LogP contribution >= 0.6 is 0 Å². The Labute approximate surface area is 70.9 Å². The van der Waals surface area contributed by atoms with Crippen LogP contribution in [0, 0.1) is 0 Å². The maximum Gasteiger partial charge on any atom is 0.240 e. The minimum atomic E-state index is 0.111. The van der Waals surface area contributed by atoms with Crippen molar-refractivity contribution in [2.24, 2.45) is 0 Å². The Morgan fingerprint density at radius 3 is 2.58 bits per heavy atom. The van der Waals surface area contributed by atoms with Crippen LogP contribution in [0.2, 0.25) is 0 Å². The van der Waals surface area contributed by atoms with Gasteiger partial charge in [-0.05, 0) is 13.5 Å². The Bertz CT molecular complexity index is 251. The molecule has 0 amide bonds. The van der Waals surface area contributed by atoms with Gasteiger partial charge < -0.3 is 16.9 Å². The molecule has 1 aromatic rings. The third-order valence-corrected chi connectivity index (χ3v) is 1.82. The molecule has 0 saturated carbocycles. The Morgan fingerprint density at radius 1 is 1.58 bits per heavy atom. The van der Waals surface area contributed by atoms with Gasteiger partial charge in [-0.25, -0.2) is 4.68 Å². The minimum Gasteiger partial charge on any atom is -0.366 e. The van der Waals surface area contributed by atoms with Crippen molar-refractivity contribution < 1.29 is 0 Å². The topological polar surface area (TPSA) is 94.8 Å². The highest BCUT2D eigenvalue weighted by molar-refractivity contribution is 5.18. The van der Waals surface area contributed by atoms with Crippen LogP contribution in [0.3, 0.4) is 0 Å². The summed E-state index contributed by atoms with van der Waals surface area (Å²) in [5.74, 6) is 6.48. The maximum atomic E-state index is 5.58. The Hall–Kier alpha value is -1.30. The molecule has 0 bridgehead atoms. The maximum absolute atomic E-state index is 5.58. The molecule has 0 spiro atoms. The van der Waals surface area contributed by atoms with E-state index in [1.54, 1.807) is 0 Å². The zero-order valence-electron chi connectivity index (χ0n) is 7.28. The first-order valence-electron chi connectivity index (χ1n) is 3.83. The number of hydrogen-bond acceptors (Lipinski definition) is 5. The van der Waals surface area contributed by atoms with Crippen LogP contribution in [0.25, 0.3) is 0 Å². The van der Waals surface area contributed by atoms with Crippen LogP contribution < -0.4 is 16.9 Å². The number of nitrogens with two attached hydrogens (primary N) is 2. The van der Waals surface area contributed by atoms with Crippen molar-refractivity contribution in [2.45, 2.75) is 19.4 Å². The quantitative estimate of drug-likeness (QED) is 0.518. The highest BCUT2D eigenvalue weighted by Gasteiger charge is 2.14. The van der Waals surface area contributed by atoms with Gasteiger partial charge in [0.15, 0.2) is 5.82 Å². The summed E-state index contributed by atoms with van der Waals surface area (Å²) in [6.07, 6.45) is 0.895. The Kier molecular flexibility index (Phi) is 2.49. The van der Waals surface area contributed by atoms with Crippen LogP contribution in [-0.2, 0) is 0 Å². The summed E-state index contributed by atoms with van der Waals surface area (Å²) in [5.41, 5.74) is 5.42. The molecule has 0 fully saturated rings. The predicted octanol–water partition coefficient (Wildman–Crippen LogP) is -0.755. The summed E-state index contributed by atoms with van der Waals surface area (Å²) in [5, 5.41) is 10.6. The molecule has 1 aromatic heterocycles. The second-order valence-electron chi connectivity index (χ2n) is 2.54. The molecule has 6 nitrogen and oxygen atoms in total. The van der Waals surface area contributed by atoms with Crippen molar-refractivity contribution >= 4 is 5.95 Å². The molecule has 1 unspecified atom stereocenters. The fraction of sp³-hybridized carbons (Fsp3) is 0.667. The van der Waals surface area contributed by atoms with Gasteiger partial charge >= 0.3 is 0 Å². The summed E-state index contributed by atoms with van der Waals surface area (Å²) < 4.78 is 1.30. The van der Waals surface area contributed by atoms with E-state index in [-0.39, 0.29) is 12.0 Å². The predicted molar refractivity (Wildman–Crippen MR) is 46.7 cm³/mol. The average Bonchev–Trinajstić information content (AvgIpc) is 2.38. The van der Waals surface area contributed by atoms with Gasteiger partial charge in [0.2, 0.25) is 5.95 Å². The fourth-order valence-electron chi connectivity index (χ4n) is 1.07. The van der Waals surface area contributed by atoms with E-state index in [9.17, 15) is 0 Å². The number of rotatable bonds is 3. The van der Waals surface area contributed by atoms with E-state index < -0.39 is 0 Å². The van der Waals surface area contributed by atoms with Gasteiger partial charge in [-0.1, -0.05) is 6.92 Å². The second-order valence-corrected chi connectivity index (χ2v) is 2.54. The summed E-state index contributed by atoms with van der Waals surface area (Å²) >= 11 is 0. The number of nitrogens with zero attached hydrogens (tertiary/aromatic N) is 3. The molecule has 1 heterocycles. The Morgan fingerprint density at radius 2 is 2.25 bits per heavy atom. The molecule has 0 saturated heterocycles. The van der Waals surface area contributed by atoms with E-state index in [0.29, 0.717) is 5.82 Å². The largest absolute Gasteiger partial charge is 0.366 e. The molecule has 12 heavy (non-hydrogen) atoms. The van der Waals surface area contributed by atoms with Gasteiger partial charge in [0.1, 0.15) is 0 Å². The summed E-state index contributed by atoms with van der Waals surface area (Å²) in [7, 11) is 1.85. The number of hydrogen-bond donors (Lipinski definition) is 3. The van der Waals surface area contributed by atoms with Crippen LogP contribution in [0.5, 0.6) is 0 Å². The number of nitrogen functional groups attached to an aromatic ring is 2. The zero-order valence-corrected chi connectivity index (χ0v) is 7.28. The highest BCUT2D eigenvalue weighted by Crippen LogP contribution is 2.12. The molecule has 68 valence electrons. The first kappa shape index (κ1) is 8.79. The van der Waals surface area contributed by atoms with Crippen molar-refractivity contribution in [3.63, 3.8) is 0 Å². The first-order chi connectivity index (χ1) is 5.70. The Balaban J connectivity index is 2.93. The van der Waals surface area contributed by atoms with Crippen LogP contribution in [0.15, 0.2) is 0 Å². The van der Waals surface area contributed by atoms with Crippen molar-refractivity contribution in [3.8, 4) is 0 Å². The number of anilines is 1. The third-order valence-electron chi connectivity index (χ3n) is 1.82. The molecule has 5 N–H and O–H groups in total. The first-order valence-corrected chi connectivity index (χ1v) is 3.83. The van der Waals surface area contributed by atoms with Crippen molar-refractivity contribution in [2.75, 3.05) is 18.6 Å². The number of nitrogens with one attached hydrogen (secondary N) is 1. The molecule has 0 aliphatic heterocycles. The van der Waals surface area contributed by atoms with Gasteiger partial charge in [0, 0.05) is 0 Å². The molecular weight excluding hydrogens is 156 g/mol. The van der Waals surface area contributed by atoms with Gasteiger partial charge in [-0.3, -0.25) is 0 Å². The summed E-state index contributed by atoms with van der Waals surface area (Å²) in [6, 6.07) is 0.111.